The first-order chi connectivity index (χ1) is 8.79. The Balaban J connectivity index is 0. The fourth-order valence-electron chi connectivity index (χ4n) is 1.23. The molecule has 0 aromatic carbocycles. The van der Waals surface area contributed by atoms with Gasteiger partial charge in [0.05, 0.1) is 37.6 Å². The fraction of sp³-hybridized carbons (Fsp3) is 1.00. The van der Waals surface area contributed by atoms with Gasteiger partial charge in [-0.3, -0.25) is 0 Å². The van der Waals surface area contributed by atoms with Crippen LogP contribution in [0.4, 0.5) is 0 Å². The molecular formula is C15H34O4. The largest absolute Gasteiger partial charge is 0.391 e. The molecule has 0 aliphatic carbocycles. The third-order valence-corrected chi connectivity index (χ3v) is 1.88. The minimum atomic E-state index is -0.318. The van der Waals surface area contributed by atoms with Crippen LogP contribution in [-0.2, 0) is 14.2 Å². The summed E-state index contributed by atoms with van der Waals surface area (Å²) in [7, 11) is 0. The predicted octanol–water partition coefficient (Wildman–Crippen LogP) is 3.02. The Morgan fingerprint density at radius 3 is 1.84 bits per heavy atom. The summed E-state index contributed by atoms with van der Waals surface area (Å²) in [5, 5.41) is 8.65. The highest BCUT2D eigenvalue weighted by atomic mass is 16.5. The van der Waals surface area contributed by atoms with Gasteiger partial charge >= 0.3 is 0 Å². The predicted molar refractivity (Wildman–Crippen MR) is 79.6 cm³/mol. The maximum Gasteiger partial charge on any atom is 0.0784 e. The third-order valence-electron chi connectivity index (χ3n) is 1.88. The number of ether oxygens (including phenoxy) is 3. The number of hydrogen-bond acceptors (Lipinski definition) is 4. The zero-order valence-electron chi connectivity index (χ0n) is 13.8. The highest BCUT2D eigenvalue weighted by molar-refractivity contribution is 4.50. The van der Waals surface area contributed by atoms with E-state index in [2.05, 4.69) is 0 Å². The highest BCUT2D eigenvalue weighted by Gasteiger charge is 2.05. The van der Waals surface area contributed by atoms with Crippen molar-refractivity contribution in [2.45, 2.75) is 79.3 Å². The molecule has 0 aromatic heterocycles. The molecule has 1 N–H and O–H groups in total. The van der Waals surface area contributed by atoms with Gasteiger partial charge in [0.25, 0.3) is 0 Å². The quantitative estimate of drug-likeness (QED) is 0.659. The smallest absolute Gasteiger partial charge is 0.0784 e. The molecule has 0 aliphatic heterocycles. The van der Waals surface area contributed by atoms with Gasteiger partial charge in [0.1, 0.15) is 0 Å². The Hall–Kier alpha value is -0.160. The van der Waals surface area contributed by atoms with Crippen LogP contribution in [-0.4, -0.2) is 49.3 Å². The van der Waals surface area contributed by atoms with Gasteiger partial charge in [-0.05, 0) is 48.0 Å². The zero-order chi connectivity index (χ0) is 15.3. The lowest BCUT2D eigenvalue weighted by Crippen LogP contribution is -2.21. The van der Waals surface area contributed by atoms with E-state index in [4.69, 9.17) is 19.3 Å². The van der Waals surface area contributed by atoms with Gasteiger partial charge in [-0.25, -0.2) is 0 Å². The van der Waals surface area contributed by atoms with E-state index in [1.54, 1.807) is 6.92 Å². The third kappa shape index (κ3) is 23.4. The van der Waals surface area contributed by atoms with Crippen molar-refractivity contribution in [3.05, 3.63) is 0 Å². The first-order valence-corrected chi connectivity index (χ1v) is 7.32. The van der Waals surface area contributed by atoms with E-state index >= 15 is 0 Å². The van der Waals surface area contributed by atoms with Crippen LogP contribution in [0.1, 0.15) is 54.9 Å². The molecule has 0 radical (unpaired) electrons. The van der Waals surface area contributed by atoms with Gasteiger partial charge in [-0.2, -0.15) is 0 Å². The second-order valence-electron chi connectivity index (χ2n) is 5.30. The molecule has 0 spiro atoms. The normalized spacial score (nSPS) is 14.2. The van der Waals surface area contributed by atoms with Crippen LogP contribution in [0.15, 0.2) is 0 Å². The van der Waals surface area contributed by atoms with Gasteiger partial charge in [0.2, 0.25) is 0 Å². The van der Waals surface area contributed by atoms with Gasteiger partial charge in [-0.15, -0.1) is 0 Å². The van der Waals surface area contributed by atoms with Crippen molar-refractivity contribution < 1.29 is 19.3 Å². The van der Waals surface area contributed by atoms with Gasteiger partial charge in [0, 0.05) is 6.61 Å². The second-order valence-corrected chi connectivity index (χ2v) is 5.30. The molecular weight excluding hydrogens is 244 g/mol. The van der Waals surface area contributed by atoms with Crippen LogP contribution >= 0.6 is 0 Å². The summed E-state index contributed by atoms with van der Waals surface area (Å²) >= 11 is 0. The van der Waals surface area contributed by atoms with Crippen LogP contribution in [0.2, 0.25) is 0 Å². The molecule has 19 heavy (non-hydrogen) atoms. The Labute approximate surface area is 119 Å². The van der Waals surface area contributed by atoms with Crippen LogP contribution in [0, 0.1) is 0 Å². The molecule has 0 fully saturated rings. The Bertz CT molecular complexity index is 170. The SMILES string of the molecule is CC(C)OCC(C)OC(C)C.CCCOCC(C)O. The second kappa shape index (κ2) is 14.3. The van der Waals surface area contributed by atoms with Gasteiger partial charge in [0.15, 0.2) is 0 Å². The molecule has 2 atom stereocenters. The van der Waals surface area contributed by atoms with Crippen molar-refractivity contribution in [3.8, 4) is 0 Å². The molecule has 0 amide bonds. The van der Waals surface area contributed by atoms with Crippen molar-refractivity contribution in [1.82, 2.24) is 0 Å². The van der Waals surface area contributed by atoms with Crippen LogP contribution in [0.25, 0.3) is 0 Å². The molecule has 4 nitrogen and oxygen atoms in total. The first kappa shape index (κ1) is 21.1. The van der Waals surface area contributed by atoms with Gasteiger partial charge in [-0.1, -0.05) is 6.92 Å². The molecule has 0 saturated heterocycles. The minimum Gasteiger partial charge on any atom is -0.391 e. The van der Waals surface area contributed by atoms with Gasteiger partial charge < -0.3 is 19.3 Å². The van der Waals surface area contributed by atoms with Crippen molar-refractivity contribution >= 4 is 0 Å². The first-order valence-electron chi connectivity index (χ1n) is 7.32. The molecule has 118 valence electrons. The van der Waals surface area contributed by atoms with E-state index < -0.39 is 0 Å². The van der Waals surface area contributed by atoms with Crippen molar-refractivity contribution in [2.75, 3.05) is 19.8 Å². The van der Waals surface area contributed by atoms with E-state index in [9.17, 15) is 0 Å². The molecule has 0 heterocycles. The summed E-state index contributed by atoms with van der Waals surface area (Å²) in [6, 6.07) is 0. The molecule has 0 aromatic rings. The summed E-state index contributed by atoms with van der Waals surface area (Å²) < 4.78 is 15.8. The summed E-state index contributed by atoms with van der Waals surface area (Å²) in [6.45, 7) is 15.8. The molecule has 4 heteroatoms. The van der Waals surface area contributed by atoms with E-state index in [0.29, 0.717) is 25.4 Å². The number of aliphatic hydroxyl groups excluding tert-OH is 1. The average molecular weight is 278 g/mol. The monoisotopic (exact) mass is 278 g/mol. The van der Waals surface area contributed by atoms with Crippen molar-refractivity contribution in [1.29, 1.82) is 0 Å². The molecule has 2 unspecified atom stereocenters. The topological polar surface area (TPSA) is 47.9 Å². The summed E-state index contributed by atoms with van der Waals surface area (Å²) in [4.78, 5) is 0. The summed E-state index contributed by atoms with van der Waals surface area (Å²) in [5.74, 6) is 0. The van der Waals surface area contributed by atoms with Crippen LogP contribution in [0.5, 0.6) is 0 Å². The standard InChI is InChI=1S/C9H20O2.C6H14O2/c1-7(2)10-6-9(5)11-8(3)4;1-3-4-8-5-6(2)7/h7-9H,6H2,1-5H3;6-7H,3-5H2,1-2H3. The Kier molecular flexibility index (Phi) is 15.9. The lowest BCUT2D eigenvalue weighted by Gasteiger charge is -2.17. The van der Waals surface area contributed by atoms with Crippen LogP contribution in [0.3, 0.4) is 0 Å². The number of hydrogen-bond donors (Lipinski definition) is 1. The summed E-state index contributed by atoms with van der Waals surface area (Å²) in [6.07, 6.45) is 1.50. The maximum atomic E-state index is 8.65. The zero-order valence-corrected chi connectivity index (χ0v) is 13.8. The molecule has 0 bridgehead atoms. The Morgan fingerprint density at radius 1 is 0.895 bits per heavy atom. The molecule has 0 aliphatic rings. The average Bonchev–Trinajstić information content (AvgIpc) is 2.26. The van der Waals surface area contributed by atoms with Crippen LogP contribution < -0.4 is 0 Å². The molecule has 0 saturated carbocycles. The maximum absolute atomic E-state index is 8.65. The highest BCUT2D eigenvalue weighted by Crippen LogP contribution is 1.99. The lowest BCUT2D eigenvalue weighted by molar-refractivity contribution is -0.0494. The number of aliphatic hydroxyl groups is 1. The van der Waals surface area contributed by atoms with E-state index in [1.807, 2.05) is 41.5 Å². The number of rotatable bonds is 9. The summed E-state index contributed by atoms with van der Waals surface area (Å²) in [5.41, 5.74) is 0. The van der Waals surface area contributed by atoms with Crippen molar-refractivity contribution in [2.24, 2.45) is 0 Å². The minimum absolute atomic E-state index is 0.206. The van der Waals surface area contributed by atoms with E-state index in [0.717, 1.165) is 13.0 Å². The molecule has 0 rings (SSSR count). The van der Waals surface area contributed by atoms with E-state index in [1.165, 1.54) is 0 Å². The van der Waals surface area contributed by atoms with Crippen molar-refractivity contribution in [3.63, 3.8) is 0 Å². The lowest BCUT2D eigenvalue weighted by atomic mass is 10.4. The van der Waals surface area contributed by atoms with E-state index in [-0.39, 0.29) is 12.2 Å². The fourth-order valence-corrected chi connectivity index (χ4v) is 1.23. The Morgan fingerprint density at radius 2 is 1.47 bits per heavy atom.